The molecule has 1 aromatic carbocycles. The lowest BCUT2D eigenvalue weighted by Gasteiger charge is -2.30. The van der Waals surface area contributed by atoms with Gasteiger partial charge in [0.2, 0.25) is 17.7 Å². The molecule has 0 saturated carbocycles. The number of aromatic nitrogens is 3. The number of methoxy groups -OCH3 is 2. The Morgan fingerprint density at radius 1 is 0.852 bits per heavy atom. The topological polar surface area (TPSA) is 180 Å². The van der Waals surface area contributed by atoms with E-state index < -0.39 is 30.3 Å². The number of hydrogen-bond acceptors (Lipinski definition) is 9. The summed E-state index contributed by atoms with van der Waals surface area (Å²) in [7, 11) is 2.53. The van der Waals surface area contributed by atoms with Gasteiger partial charge in [-0.3, -0.25) is 14.4 Å². The van der Waals surface area contributed by atoms with Gasteiger partial charge in [-0.15, -0.1) is 11.3 Å². The molecule has 4 N–H and O–H groups in total. The third-order valence-corrected chi connectivity index (χ3v) is 11.2. The maximum atomic E-state index is 13.6. The summed E-state index contributed by atoms with van der Waals surface area (Å²) >= 11 is 1.51. The summed E-state index contributed by atoms with van der Waals surface area (Å²) in [5.74, 6) is -0.333. The maximum absolute atomic E-state index is 13.6. The zero-order valence-electron chi connectivity index (χ0n) is 31.4. The number of likely N-dealkylation sites (tertiary alicyclic amines) is 2. The average molecular weight is 761 g/mol. The molecule has 2 aliphatic rings. The second-order valence-electron chi connectivity index (χ2n) is 14.4. The van der Waals surface area contributed by atoms with Gasteiger partial charge in [0.15, 0.2) is 0 Å². The molecule has 288 valence electrons. The van der Waals surface area contributed by atoms with Gasteiger partial charge >= 0.3 is 12.2 Å². The number of H-pyrrole nitrogens is 1. The summed E-state index contributed by atoms with van der Waals surface area (Å²) in [4.78, 5) is 76.8. The predicted molar refractivity (Wildman–Crippen MR) is 204 cm³/mol. The van der Waals surface area contributed by atoms with E-state index in [1.54, 1.807) is 16.0 Å². The SMILES string of the molecule is COC(=O)NC(C(=O)N1CCCC1C(=O)Nc1csc2c1ccn2-c1ccc(-c2cnc(C3CCCN3C(=O)C(NC(=O)OC)C(C)C)[nH]2)cc1)C(C)C. The Labute approximate surface area is 317 Å². The molecule has 4 aromatic rings. The number of ether oxygens (including phenoxy) is 2. The van der Waals surface area contributed by atoms with Gasteiger partial charge in [0, 0.05) is 35.7 Å². The second kappa shape index (κ2) is 16.3. The number of alkyl carbamates (subject to hydrolysis) is 2. The highest BCUT2D eigenvalue weighted by molar-refractivity contribution is 7.17. The van der Waals surface area contributed by atoms with Gasteiger partial charge in [-0.2, -0.15) is 0 Å². The summed E-state index contributed by atoms with van der Waals surface area (Å²) in [6.07, 6.45) is 5.22. The molecule has 3 aromatic heterocycles. The number of aromatic amines is 1. The average Bonchev–Trinajstić information content (AvgIpc) is 4.01. The van der Waals surface area contributed by atoms with Crippen molar-refractivity contribution in [1.29, 1.82) is 0 Å². The van der Waals surface area contributed by atoms with E-state index in [2.05, 4.69) is 30.5 Å². The van der Waals surface area contributed by atoms with Gasteiger partial charge in [0.05, 0.1) is 37.8 Å². The fourth-order valence-corrected chi connectivity index (χ4v) is 8.27. The van der Waals surface area contributed by atoms with Crippen LogP contribution in [0.4, 0.5) is 15.3 Å². The van der Waals surface area contributed by atoms with Crippen LogP contribution < -0.4 is 16.0 Å². The van der Waals surface area contributed by atoms with Gasteiger partial charge in [0.1, 0.15) is 28.8 Å². The summed E-state index contributed by atoms with van der Waals surface area (Å²) in [5, 5.41) is 11.1. The first kappa shape index (κ1) is 38.3. The number of amides is 5. The van der Waals surface area contributed by atoms with Gasteiger partial charge in [-0.05, 0) is 61.3 Å². The largest absolute Gasteiger partial charge is 0.453 e. The van der Waals surface area contributed by atoms with Crippen LogP contribution in [0.3, 0.4) is 0 Å². The Morgan fingerprint density at radius 2 is 1.46 bits per heavy atom. The van der Waals surface area contributed by atoms with Crippen molar-refractivity contribution >= 4 is 57.1 Å². The Balaban J connectivity index is 1.13. The lowest BCUT2D eigenvalue weighted by molar-refractivity contribution is -0.139. The third kappa shape index (κ3) is 7.79. The van der Waals surface area contributed by atoms with E-state index in [0.717, 1.165) is 40.0 Å². The standard InChI is InChI=1S/C38H48N8O7S/c1-21(2)30(42-37(50)52-5)34(48)45-16-7-9-28(45)32-39-19-26(40-32)23-11-13-24(14-12-23)44-18-15-25-27(20-54-36(25)44)41-33(47)29-10-8-17-46(29)35(49)31(22(3)4)43-38(51)53-6/h11-15,18-22,28-31H,7-10,16-17H2,1-6H3,(H,39,40)(H,41,47)(H,42,50)(H,43,51). The van der Waals surface area contributed by atoms with Crippen LogP contribution in [-0.4, -0.2) is 99.7 Å². The number of carbonyl (C=O) groups excluding carboxylic acids is 5. The van der Waals surface area contributed by atoms with Crippen LogP contribution in [0.25, 0.3) is 27.2 Å². The molecule has 2 fully saturated rings. The fourth-order valence-electron chi connectivity index (χ4n) is 7.27. The highest BCUT2D eigenvalue weighted by Crippen LogP contribution is 2.36. The van der Waals surface area contributed by atoms with Crippen LogP contribution in [0.15, 0.2) is 48.1 Å². The van der Waals surface area contributed by atoms with E-state index in [1.165, 1.54) is 25.6 Å². The van der Waals surface area contributed by atoms with E-state index >= 15 is 0 Å². The van der Waals surface area contributed by atoms with Crippen LogP contribution in [0.1, 0.15) is 65.2 Å². The van der Waals surface area contributed by atoms with Crippen LogP contribution in [0.5, 0.6) is 0 Å². The van der Waals surface area contributed by atoms with E-state index in [9.17, 15) is 24.0 Å². The quantitative estimate of drug-likeness (QED) is 0.156. The van der Waals surface area contributed by atoms with Gasteiger partial charge in [0.25, 0.3) is 0 Å². The van der Waals surface area contributed by atoms with E-state index in [4.69, 9.17) is 9.47 Å². The highest BCUT2D eigenvalue weighted by Gasteiger charge is 2.40. The molecule has 15 nitrogen and oxygen atoms in total. The van der Waals surface area contributed by atoms with Crippen LogP contribution in [0, 0.1) is 11.8 Å². The Kier molecular flexibility index (Phi) is 11.6. The van der Waals surface area contributed by atoms with Crippen molar-refractivity contribution in [3.63, 3.8) is 0 Å². The number of hydrogen-bond donors (Lipinski definition) is 4. The fraction of sp³-hybridized carbons (Fsp3) is 0.474. The summed E-state index contributed by atoms with van der Waals surface area (Å²) in [6, 6.07) is 7.62. The molecule has 54 heavy (non-hydrogen) atoms. The normalized spacial score (nSPS) is 18.2. The van der Waals surface area contributed by atoms with Crippen molar-refractivity contribution in [3.8, 4) is 16.9 Å². The molecule has 0 radical (unpaired) electrons. The number of rotatable bonds is 11. The number of nitrogens with zero attached hydrogens (tertiary/aromatic N) is 4. The number of nitrogens with one attached hydrogen (secondary N) is 4. The zero-order valence-corrected chi connectivity index (χ0v) is 32.2. The van der Waals surface area contributed by atoms with Crippen molar-refractivity contribution in [1.82, 2.24) is 35.0 Å². The van der Waals surface area contributed by atoms with Crippen LogP contribution >= 0.6 is 11.3 Å². The summed E-state index contributed by atoms with van der Waals surface area (Å²) in [6.45, 7) is 8.46. The molecule has 6 rings (SSSR count). The minimum Gasteiger partial charge on any atom is -0.453 e. The smallest absolute Gasteiger partial charge is 0.407 e. The number of fused-ring (bicyclic) bond motifs is 1. The molecule has 16 heteroatoms. The van der Waals surface area contributed by atoms with Crippen LogP contribution in [0.2, 0.25) is 0 Å². The number of imidazole rings is 1. The van der Waals surface area contributed by atoms with Crippen molar-refractivity contribution in [3.05, 3.63) is 53.9 Å². The monoisotopic (exact) mass is 760 g/mol. The molecule has 4 atom stereocenters. The molecule has 0 spiro atoms. The Morgan fingerprint density at radius 3 is 2.09 bits per heavy atom. The van der Waals surface area contributed by atoms with Gasteiger partial charge in [-0.25, -0.2) is 14.6 Å². The third-order valence-electron chi connectivity index (χ3n) is 10.2. The first-order chi connectivity index (χ1) is 25.9. The second-order valence-corrected chi connectivity index (χ2v) is 15.2. The molecule has 0 aliphatic carbocycles. The molecular weight excluding hydrogens is 713 g/mol. The molecular formula is C38H48N8O7S. The van der Waals surface area contributed by atoms with Crippen molar-refractivity contribution in [2.24, 2.45) is 11.8 Å². The Hall–Kier alpha value is -5.38. The summed E-state index contributed by atoms with van der Waals surface area (Å²) in [5.41, 5.74) is 3.36. The zero-order chi connectivity index (χ0) is 38.7. The predicted octanol–water partition coefficient (Wildman–Crippen LogP) is 5.44. The number of thiophene rings is 1. The molecule has 5 amide bonds. The minimum absolute atomic E-state index is 0.119. The minimum atomic E-state index is -0.802. The van der Waals surface area contributed by atoms with E-state index in [-0.39, 0.29) is 35.6 Å². The van der Waals surface area contributed by atoms with Gasteiger partial charge in [-0.1, -0.05) is 39.8 Å². The lowest BCUT2D eigenvalue weighted by Crippen LogP contribution is -2.54. The molecule has 2 aliphatic heterocycles. The molecule has 5 heterocycles. The molecule has 4 unspecified atom stereocenters. The van der Waals surface area contributed by atoms with E-state index in [0.29, 0.717) is 37.4 Å². The number of benzene rings is 1. The number of anilines is 1. The first-order valence-electron chi connectivity index (χ1n) is 18.3. The first-order valence-corrected chi connectivity index (χ1v) is 19.1. The molecule has 2 saturated heterocycles. The maximum Gasteiger partial charge on any atom is 0.407 e. The summed E-state index contributed by atoms with van der Waals surface area (Å²) < 4.78 is 11.5. The lowest BCUT2D eigenvalue weighted by atomic mass is 10.0. The Bertz CT molecular complexity index is 2000. The number of carbonyl (C=O) groups is 5. The van der Waals surface area contributed by atoms with Crippen molar-refractivity contribution < 1.29 is 33.4 Å². The molecule has 0 bridgehead atoms. The van der Waals surface area contributed by atoms with Crippen molar-refractivity contribution in [2.45, 2.75) is 77.5 Å². The van der Waals surface area contributed by atoms with Crippen LogP contribution in [-0.2, 0) is 23.9 Å². The highest BCUT2D eigenvalue weighted by atomic mass is 32.1. The van der Waals surface area contributed by atoms with E-state index in [1.807, 2.05) is 69.6 Å². The van der Waals surface area contributed by atoms with Crippen molar-refractivity contribution in [2.75, 3.05) is 32.6 Å². The van der Waals surface area contributed by atoms with Gasteiger partial charge < -0.3 is 44.8 Å².